The Morgan fingerprint density at radius 3 is 2.07 bits per heavy atom. The first-order valence-corrected chi connectivity index (χ1v) is 28.7. The van der Waals surface area contributed by atoms with Crippen molar-refractivity contribution in [2.75, 3.05) is 81.9 Å². The number of methoxy groups -OCH3 is 2. The van der Waals surface area contributed by atoms with Crippen LogP contribution < -0.4 is 21.4 Å². The lowest BCUT2D eigenvalue weighted by Crippen LogP contribution is -2.60. The second-order valence-electron chi connectivity index (χ2n) is 22.1. The number of likely N-dealkylation sites (tertiary alicyclic amines) is 1. The van der Waals surface area contributed by atoms with Crippen LogP contribution in [0.15, 0.2) is 60.7 Å². The number of benzene rings is 2. The third-order valence-electron chi connectivity index (χ3n) is 15.7. The average molecular weight is 1130 g/mol. The number of hydrogen-bond donors (Lipinski definition) is 5. The summed E-state index contributed by atoms with van der Waals surface area (Å²) in [5.41, 5.74) is 6.07. The Morgan fingerprint density at radius 1 is 0.790 bits per heavy atom. The molecule has 4 rings (SSSR count). The molecule has 452 valence electrons. The number of ether oxygens (including phenoxy) is 4. The van der Waals surface area contributed by atoms with Gasteiger partial charge in [0.2, 0.25) is 35.4 Å². The molecular weight excluding hydrogens is 1040 g/mol. The van der Waals surface area contributed by atoms with Crippen LogP contribution in [0.2, 0.25) is 0 Å². The predicted octanol–water partition coefficient (Wildman–Crippen LogP) is 4.49. The number of carbonyl (C=O) groups excluding carboxylic acids is 6. The van der Waals surface area contributed by atoms with Crippen LogP contribution in [0, 0.1) is 23.7 Å². The molecule has 5 N–H and O–H groups in total. The maximum atomic E-state index is 14.7. The van der Waals surface area contributed by atoms with Gasteiger partial charge in [-0.25, -0.2) is 9.80 Å². The number of hydrazine groups is 1. The first-order chi connectivity index (χ1) is 38.6. The summed E-state index contributed by atoms with van der Waals surface area (Å²) in [7, 11) is 10.1. The van der Waals surface area contributed by atoms with Gasteiger partial charge >= 0.3 is 5.97 Å². The number of amides is 6. The number of aryl methyl sites for hydroxylation is 1. The molecule has 0 aliphatic carbocycles. The van der Waals surface area contributed by atoms with Gasteiger partial charge in [-0.05, 0) is 60.7 Å². The number of carbonyl (C=O) groups is 7. The molecule has 81 heavy (non-hydrogen) atoms. The minimum atomic E-state index is -1.16. The topological polar surface area (TPSA) is 243 Å². The SMILES string of the molecule is CC[C@H](C)[C@@H]([C@@H](CC(=O)N1CCC[C@H]1[C@H](OC)[C@@H](C)C(=O)N[C@@H](Cc1ccccc1)C(=O)O)OC)N(C)C(=O)C(NC(=O)C(C(C)C)N(C)C(=O)CCOCCOCCNC(=O)CCn1c(CN(C)NC)cc2ccccc21)C(C)C. The molecule has 0 radical (unpaired) electrons. The number of likely N-dealkylation sites (N-methyl/N-ethyl adjacent to an activating group) is 2. The molecule has 21 nitrogen and oxygen atoms in total. The van der Waals surface area contributed by atoms with E-state index in [9.17, 15) is 38.7 Å². The van der Waals surface area contributed by atoms with Crippen LogP contribution in [0.25, 0.3) is 10.9 Å². The molecule has 2 aromatic carbocycles. The van der Waals surface area contributed by atoms with E-state index in [-0.39, 0.29) is 80.5 Å². The second-order valence-corrected chi connectivity index (χ2v) is 22.1. The van der Waals surface area contributed by atoms with Gasteiger partial charge in [0.05, 0.1) is 76.0 Å². The summed E-state index contributed by atoms with van der Waals surface area (Å²) in [6.07, 6.45) is 0.715. The van der Waals surface area contributed by atoms with E-state index >= 15 is 0 Å². The molecule has 1 aromatic heterocycles. The summed E-state index contributed by atoms with van der Waals surface area (Å²) in [5, 5.41) is 21.7. The smallest absolute Gasteiger partial charge is 0.326 e. The van der Waals surface area contributed by atoms with Crippen LogP contribution in [0.4, 0.5) is 0 Å². The van der Waals surface area contributed by atoms with E-state index in [1.807, 2.05) is 78.8 Å². The Morgan fingerprint density at radius 2 is 1.46 bits per heavy atom. The molecule has 0 spiro atoms. The first-order valence-electron chi connectivity index (χ1n) is 28.7. The van der Waals surface area contributed by atoms with Crippen LogP contribution >= 0.6 is 0 Å². The van der Waals surface area contributed by atoms with E-state index in [1.165, 1.54) is 19.1 Å². The maximum Gasteiger partial charge on any atom is 0.326 e. The van der Waals surface area contributed by atoms with Gasteiger partial charge in [0.15, 0.2) is 0 Å². The van der Waals surface area contributed by atoms with E-state index in [0.717, 1.165) is 22.2 Å². The number of aliphatic carboxylic acids is 1. The van der Waals surface area contributed by atoms with Crippen molar-refractivity contribution in [2.45, 2.75) is 149 Å². The summed E-state index contributed by atoms with van der Waals surface area (Å²) in [5.74, 6) is -4.76. The fourth-order valence-corrected chi connectivity index (χ4v) is 10.9. The molecule has 0 saturated carbocycles. The monoisotopic (exact) mass is 1130 g/mol. The summed E-state index contributed by atoms with van der Waals surface area (Å²) >= 11 is 0. The lowest BCUT2D eigenvalue weighted by molar-refractivity contribution is -0.149. The Kier molecular flexibility index (Phi) is 28.2. The number of aromatic nitrogens is 1. The first kappa shape index (κ1) is 67.5. The molecule has 21 heteroatoms. The average Bonchev–Trinajstić information content (AvgIpc) is 4.10. The van der Waals surface area contributed by atoms with Gasteiger partial charge in [0.1, 0.15) is 18.1 Å². The molecular formula is C60H95N9O12. The number of hydrogen-bond acceptors (Lipinski definition) is 13. The Bertz CT molecular complexity index is 2470. The number of carboxylic acid groups (broad SMARTS) is 1. The van der Waals surface area contributed by atoms with E-state index in [1.54, 1.807) is 55.1 Å². The van der Waals surface area contributed by atoms with Gasteiger partial charge in [-0.1, -0.05) is 103 Å². The maximum absolute atomic E-state index is 14.7. The number of nitrogens with zero attached hydrogens (tertiary/aromatic N) is 5. The Labute approximate surface area is 480 Å². The van der Waals surface area contributed by atoms with Crippen LogP contribution in [0.3, 0.4) is 0 Å². The number of carboxylic acids is 1. The Hall–Kier alpha value is -5.97. The minimum absolute atomic E-state index is 0.0107. The number of nitrogens with one attached hydrogen (secondary N) is 4. The van der Waals surface area contributed by atoms with Crippen molar-refractivity contribution in [2.24, 2.45) is 23.7 Å². The lowest BCUT2D eigenvalue weighted by atomic mass is 9.89. The summed E-state index contributed by atoms with van der Waals surface area (Å²) < 4.78 is 25.5. The normalized spacial score (nSPS) is 16.6. The van der Waals surface area contributed by atoms with Gasteiger partial charge in [-0.3, -0.25) is 34.2 Å². The largest absolute Gasteiger partial charge is 0.480 e. The zero-order chi connectivity index (χ0) is 59.9. The zero-order valence-corrected chi connectivity index (χ0v) is 50.4. The van der Waals surface area contributed by atoms with Gasteiger partial charge in [-0.2, -0.15) is 0 Å². The van der Waals surface area contributed by atoms with Crippen molar-refractivity contribution in [1.29, 1.82) is 0 Å². The molecule has 9 atom stereocenters. The van der Waals surface area contributed by atoms with Crippen molar-refractivity contribution in [3.05, 3.63) is 71.9 Å². The third-order valence-corrected chi connectivity index (χ3v) is 15.7. The summed E-state index contributed by atoms with van der Waals surface area (Å²) in [6.45, 7) is 15.9. The predicted molar refractivity (Wildman–Crippen MR) is 310 cm³/mol. The molecule has 0 bridgehead atoms. The molecule has 2 heterocycles. The van der Waals surface area contributed by atoms with Crippen LogP contribution in [0.5, 0.6) is 0 Å². The molecule has 2 unspecified atom stereocenters. The van der Waals surface area contributed by atoms with Crippen molar-refractivity contribution in [3.8, 4) is 0 Å². The Balaban J connectivity index is 1.28. The standard InChI is InChI=1S/C60H95N9O12/c1-14-41(6)55(49(78-12)37-52(72)69-29-20-25-48(69)56(79-13)42(7)57(73)63-46(60(76)77)35-43-21-16-15-17-22-43)67(11)59(75)53(39(2)3)64-58(74)54(40(4)5)66(10)51(71)27-31-80-33-34-81-32-28-62-50(70)26-30-68-45(38-65(9)61-8)36-44-23-18-19-24-47(44)68/h15-19,21-24,36,39-42,46,48-49,53-56,61H,14,20,25-35,37-38H2,1-13H3,(H,62,70)(H,63,73)(H,64,74)(H,76,77)/t41-,42+,46-,48-,49+,53?,54?,55-,56+/m0/s1. The van der Waals surface area contributed by atoms with E-state index < -0.39 is 66.1 Å². The van der Waals surface area contributed by atoms with Crippen LogP contribution in [-0.4, -0.2) is 195 Å². The van der Waals surface area contributed by atoms with Crippen molar-refractivity contribution >= 4 is 52.3 Å². The minimum Gasteiger partial charge on any atom is -0.480 e. The highest BCUT2D eigenvalue weighted by Gasteiger charge is 2.44. The van der Waals surface area contributed by atoms with Crippen LogP contribution in [0.1, 0.15) is 98.2 Å². The highest BCUT2D eigenvalue weighted by atomic mass is 16.5. The van der Waals surface area contributed by atoms with Gasteiger partial charge in [0.25, 0.3) is 0 Å². The van der Waals surface area contributed by atoms with Gasteiger partial charge < -0.3 is 59.3 Å². The molecule has 3 aromatic rings. The fraction of sp³-hybridized carbons (Fsp3) is 0.650. The second kappa shape index (κ2) is 33.8. The third kappa shape index (κ3) is 19.6. The van der Waals surface area contributed by atoms with Crippen molar-refractivity contribution in [3.63, 3.8) is 0 Å². The zero-order valence-electron chi connectivity index (χ0n) is 50.4. The molecule has 1 saturated heterocycles. The highest BCUT2D eigenvalue weighted by Crippen LogP contribution is 2.30. The van der Waals surface area contributed by atoms with Gasteiger partial charge in [0, 0.05) is 79.0 Å². The number of rotatable bonds is 36. The van der Waals surface area contributed by atoms with Crippen molar-refractivity contribution in [1.82, 2.24) is 45.7 Å². The quantitative estimate of drug-likeness (QED) is 0.0398. The van der Waals surface area contributed by atoms with E-state index in [4.69, 9.17) is 18.9 Å². The fourth-order valence-electron chi connectivity index (χ4n) is 10.9. The summed E-state index contributed by atoms with van der Waals surface area (Å²) in [4.78, 5) is 100. The number of para-hydroxylation sites is 1. The van der Waals surface area contributed by atoms with Crippen LogP contribution in [-0.2, 0) is 72.0 Å². The van der Waals surface area contributed by atoms with Crippen molar-refractivity contribution < 1.29 is 57.6 Å². The molecule has 1 aliphatic rings. The summed E-state index contributed by atoms with van der Waals surface area (Å²) in [6, 6.07) is 15.2. The number of fused-ring (bicyclic) bond motifs is 1. The van der Waals surface area contributed by atoms with Gasteiger partial charge in [-0.15, -0.1) is 0 Å². The molecule has 1 aliphatic heterocycles. The molecule has 1 fully saturated rings. The highest BCUT2D eigenvalue weighted by molar-refractivity contribution is 5.92. The lowest BCUT2D eigenvalue weighted by Gasteiger charge is -2.41. The molecule has 6 amide bonds. The van der Waals surface area contributed by atoms with E-state index in [0.29, 0.717) is 58.5 Å². The van der Waals surface area contributed by atoms with E-state index in [2.05, 4.69) is 44.1 Å².